The Bertz CT molecular complexity index is 437. The van der Waals surface area contributed by atoms with E-state index in [1.807, 2.05) is 6.92 Å². The Hall–Kier alpha value is -2.05. The fourth-order valence-electron chi connectivity index (χ4n) is 1.46. The molecule has 1 rings (SSSR count). The molecular weight excluding hydrogens is 236 g/mol. The summed E-state index contributed by atoms with van der Waals surface area (Å²) < 4.78 is 6.45. The van der Waals surface area contributed by atoms with Crippen molar-refractivity contribution in [3.05, 3.63) is 28.4 Å². The third-order valence-electron chi connectivity index (χ3n) is 2.37. The highest BCUT2D eigenvalue weighted by molar-refractivity contribution is 5.77. The molecule has 98 valence electrons. The molecule has 8 heteroatoms. The first-order valence-corrected chi connectivity index (χ1v) is 5.57. The van der Waals surface area contributed by atoms with Crippen molar-refractivity contribution in [3.63, 3.8) is 0 Å². The Morgan fingerprint density at radius 1 is 1.78 bits per heavy atom. The lowest BCUT2D eigenvalue weighted by atomic mass is 10.1. The zero-order valence-corrected chi connectivity index (χ0v) is 10.4. The number of aromatic nitrogens is 2. The van der Waals surface area contributed by atoms with Crippen LogP contribution in [0.2, 0.25) is 0 Å². The zero-order chi connectivity index (χ0) is 13.4. The molecule has 0 spiro atoms. The molecule has 0 fully saturated rings. The highest BCUT2D eigenvalue weighted by atomic mass is 16.5. The number of aryl methyl sites for hydroxylation is 1. The number of carbonyl (C=O) groups excluding carboxylic acids is 1. The first-order chi connectivity index (χ1) is 8.72. The lowest BCUT2D eigenvalue weighted by Crippen LogP contribution is -2.31. The van der Waals surface area contributed by atoms with E-state index in [2.05, 4.69) is 20.4 Å². The van der Waals surface area contributed by atoms with Crippen LogP contribution >= 0.6 is 0 Å². The van der Waals surface area contributed by atoms with Gasteiger partial charge in [-0.25, -0.2) is 4.79 Å². The Balaban J connectivity index is 2.71. The Morgan fingerprint density at radius 3 is 3.11 bits per heavy atom. The van der Waals surface area contributed by atoms with Crippen molar-refractivity contribution < 1.29 is 9.53 Å². The summed E-state index contributed by atoms with van der Waals surface area (Å²) in [5.74, 6) is -0.397. The van der Waals surface area contributed by atoms with Crippen LogP contribution in [0.3, 0.4) is 0 Å². The molecule has 1 aromatic rings. The lowest BCUT2D eigenvalue weighted by molar-refractivity contribution is -0.143. The second kappa shape index (κ2) is 7.31. The molecule has 1 unspecified atom stereocenters. The van der Waals surface area contributed by atoms with Gasteiger partial charge in [0.25, 0.3) is 0 Å². The van der Waals surface area contributed by atoms with Crippen LogP contribution in [0.25, 0.3) is 10.4 Å². The van der Waals surface area contributed by atoms with Gasteiger partial charge in [-0.2, -0.15) is 5.10 Å². The number of hydrogen-bond donors (Lipinski definition) is 1. The van der Waals surface area contributed by atoms with Gasteiger partial charge in [-0.3, -0.25) is 4.68 Å². The molecule has 1 N–H and O–H groups in total. The van der Waals surface area contributed by atoms with Crippen LogP contribution in [0.15, 0.2) is 17.5 Å². The van der Waals surface area contributed by atoms with Crippen molar-refractivity contribution in [2.45, 2.75) is 19.5 Å². The van der Waals surface area contributed by atoms with Gasteiger partial charge < -0.3 is 10.1 Å². The molecule has 8 nitrogen and oxygen atoms in total. The summed E-state index contributed by atoms with van der Waals surface area (Å²) in [6.07, 6.45) is 3.40. The zero-order valence-electron chi connectivity index (χ0n) is 10.4. The van der Waals surface area contributed by atoms with Gasteiger partial charge in [0.2, 0.25) is 0 Å². The van der Waals surface area contributed by atoms with Gasteiger partial charge in [0.15, 0.2) is 0 Å². The van der Waals surface area contributed by atoms with E-state index in [1.54, 1.807) is 17.1 Å². The second-order valence-electron chi connectivity index (χ2n) is 3.49. The fraction of sp³-hybridized carbons (Fsp3) is 0.600. The lowest BCUT2D eigenvalue weighted by Gasteiger charge is -2.13. The van der Waals surface area contributed by atoms with E-state index < -0.39 is 12.0 Å². The minimum Gasteiger partial charge on any atom is -0.468 e. The van der Waals surface area contributed by atoms with Crippen LogP contribution in [-0.2, 0) is 16.1 Å². The van der Waals surface area contributed by atoms with Crippen LogP contribution in [0.4, 0.5) is 0 Å². The number of nitrogens with zero attached hydrogens (tertiary/aromatic N) is 5. The summed E-state index contributed by atoms with van der Waals surface area (Å²) in [7, 11) is 1.33. The highest BCUT2D eigenvalue weighted by Gasteiger charge is 2.21. The van der Waals surface area contributed by atoms with E-state index in [4.69, 9.17) is 10.3 Å². The maximum Gasteiger partial charge on any atom is 0.327 e. The molecule has 1 atom stereocenters. The molecule has 0 amide bonds. The minimum absolute atomic E-state index is 0.270. The van der Waals surface area contributed by atoms with Gasteiger partial charge in [-0.15, -0.1) is 0 Å². The van der Waals surface area contributed by atoms with Gasteiger partial charge in [-0.05, 0) is 12.5 Å². The monoisotopic (exact) mass is 252 g/mol. The first-order valence-electron chi connectivity index (χ1n) is 5.57. The van der Waals surface area contributed by atoms with Gasteiger partial charge >= 0.3 is 5.97 Å². The van der Waals surface area contributed by atoms with E-state index >= 15 is 0 Å². The normalized spacial score (nSPS) is 11.7. The third-order valence-corrected chi connectivity index (χ3v) is 2.37. The Kier molecular flexibility index (Phi) is 5.69. The number of ether oxygens (including phenoxy) is 1. The Labute approximate surface area is 105 Å². The predicted octanol–water partition coefficient (Wildman–Crippen LogP) is 1.02. The minimum atomic E-state index is -0.593. The predicted molar refractivity (Wildman–Crippen MR) is 64.7 cm³/mol. The maximum absolute atomic E-state index is 11.6. The van der Waals surface area contributed by atoms with E-state index in [9.17, 15) is 4.79 Å². The van der Waals surface area contributed by atoms with Crippen LogP contribution in [-0.4, -0.2) is 35.9 Å². The van der Waals surface area contributed by atoms with Gasteiger partial charge in [-0.1, -0.05) is 5.11 Å². The van der Waals surface area contributed by atoms with E-state index in [-0.39, 0.29) is 6.54 Å². The average Bonchev–Trinajstić information content (AvgIpc) is 2.86. The standard InChI is InChI=1S/C10H16N6O2/c1-3-16-7-8(6-14-16)9(10(17)18-2)12-4-5-13-15-11/h6-7,9,12H,3-5H2,1-2H3. The molecule has 0 aliphatic rings. The average molecular weight is 252 g/mol. The van der Waals surface area contributed by atoms with E-state index in [0.717, 1.165) is 12.1 Å². The van der Waals surface area contributed by atoms with Crippen molar-refractivity contribution in [1.29, 1.82) is 0 Å². The SMILES string of the molecule is CCn1cc(C(NCCN=[N+]=[N-])C(=O)OC)cn1. The molecular formula is C10H16N6O2. The van der Waals surface area contributed by atoms with Crippen molar-refractivity contribution in [3.8, 4) is 0 Å². The molecule has 1 aromatic heterocycles. The number of esters is 1. The molecule has 0 aliphatic heterocycles. The third kappa shape index (κ3) is 3.76. The van der Waals surface area contributed by atoms with Crippen molar-refractivity contribution >= 4 is 5.97 Å². The quantitative estimate of drug-likeness (QED) is 0.257. The summed E-state index contributed by atoms with van der Waals surface area (Å²) >= 11 is 0. The van der Waals surface area contributed by atoms with Crippen molar-refractivity contribution in [2.24, 2.45) is 5.11 Å². The molecule has 0 saturated heterocycles. The summed E-state index contributed by atoms with van der Waals surface area (Å²) in [6.45, 7) is 3.35. The van der Waals surface area contributed by atoms with Crippen LogP contribution < -0.4 is 5.32 Å². The molecule has 0 radical (unpaired) electrons. The summed E-state index contributed by atoms with van der Waals surface area (Å²) in [4.78, 5) is 14.3. The summed E-state index contributed by atoms with van der Waals surface area (Å²) in [6, 6.07) is -0.593. The van der Waals surface area contributed by atoms with E-state index in [0.29, 0.717) is 6.54 Å². The van der Waals surface area contributed by atoms with Crippen LogP contribution in [0.1, 0.15) is 18.5 Å². The first kappa shape index (κ1) is 14.0. The number of nitrogens with one attached hydrogen (secondary N) is 1. The van der Waals surface area contributed by atoms with Crippen molar-refractivity contribution in [1.82, 2.24) is 15.1 Å². The van der Waals surface area contributed by atoms with Gasteiger partial charge in [0.1, 0.15) is 6.04 Å². The van der Waals surface area contributed by atoms with E-state index in [1.165, 1.54) is 7.11 Å². The number of methoxy groups -OCH3 is 1. The van der Waals surface area contributed by atoms with Crippen LogP contribution in [0, 0.1) is 0 Å². The number of hydrogen-bond acceptors (Lipinski definition) is 5. The highest BCUT2D eigenvalue weighted by Crippen LogP contribution is 2.13. The molecule has 18 heavy (non-hydrogen) atoms. The summed E-state index contributed by atoms with van der Waals surface area (Å²) in [5.41, 5.74) is 8.89. The largest absolute Gasteiger partial charge is 0.468 e. The second-order valence-corrected chi connectivity index (χ2v) is 3.49. The maximum atomic E-state index is 11.6. The smallest absolute Gasteiger partial charge is 0.327 e. The van der Waals surface area contributed by atoms with Gasteiger partial charge in [0.05, 0.1) is 13.3 Å². The summed E-state index contributed by atoms with van der Waals surface area (Å²) in [5, 5.41) is 10.5. The molecule has 1 heterocycles. The van der Waals surface area contributed by atoms with Crippen LogP contribution in [0.5, 0.6) is 0 Å². The topological polar surface area (TPSA) is 105 Å². The number of rotatable bonds is 7. The number of azide groups is 1. The van der Waals surface area contributed by atoms with Crippen molar-refractivity contribution in [2.75, 3.05) is 20.2 Å². The molecule has 0 saturated carbocycles. The fourth-order valence-corrected chi connectivity index (χ4v) is 1.46. The molecule has 0 aliphatic carbocycles. The Morgan fingerprint density at radius 2 is 2.56 bits per heavy atom. The molecule has 0 aromatic carbocycles. The van der Waals surface area contributed by atoms with Gasteiger partial charge in [0, 0.05) is 36.3 Å². The molecule has 0 bridgehead atoms. The number of carbonyl (C=O) groups is 1.